The predicted molar refractivity (Wildman–Crippen MR) is 91.1 cm³/mol. The number of rotatable bonds is 7. The first kappa shape index (κ1) is 16.7. The molecule has 0 saturated heterocycles. The van der Waals surface area contributed by atoms with Crippen molar-refractivity contribution in [3.05, 3.63) is 58.1 Å². The van der Waals surface area contributed by atoms with Crippen LogP contribution in [0.3, 0.4) is 0 Å². The molecule has 0 aromatic heterocycles. The molecular weight excluding hydrogens is 298 g/mol. The molecule has 0 heterocycles. The van der Waals surface area contributed by atoms with Crippen LogP contribution >= 0.6 is 11.6 Å². The number of ether oxygens (including phenoxy) is 2. The van der Waals surface area contributed by atoms with Crippen LogP contribution in [0.15, 0.2) is 36.4 Å². The van der Waals surface area contributed by atoms with Gasteiger partial charge in [0.25, 0.3) is 0 Å². The lowest BCUT2D eigenvalue weighted by atomic mass is 10.1. The second kappa shape index (κ2) is 8.06. The summed E-state index contributed by atoms with van der Waals surface area (Å²) in [6.45, 7) is 5.65. The van der Waals surface area contributed by atoms with E-state index in [1.165, 1.54) is 11.1 Å². The Bertz CT molecular complexity index is 608. The Labute approximate surface area is 137 Å². The van der Waals surface area contributed by atoms with Crippen molar-refractivity contribution >= 4 is 11.6 Å². The van der Waals surface area contributed by atoms with Gasteiger partial charge in [0.2, 0.25) is 0 Å². The molecule has 118 valence electrons. The highest BCUT2D eigenvalue weighted by Gasteiger charge is 2.04. The maximum Gasteiger partial charge on any atom is 0.122 e. The topological polar surface area (TPSA) is 44.5 Å². The fraction of sp³-hybridized carbons (Fsp3) is 0.333. The molecule has 0 aliphatic rings. The van der Waals surface area contributed by atoms with Crippen LogP contribution in [0.2, 0.25) is 5.02 Å². The zero-order valence-electron chi connectivity index (χ0n) is 13.1. The zero-order chi connectivity index (χ0) is 15.9. The van der Waals surface area contributed by atoms with Gasteiger partial charge in [-0.15, -0.1) is 0 Å². The average Bonchev–Trinajstić information content (AvgIpc) is 2.45. The Morgan fingerprint density at radius 1 is 0.955 bits per heavy atom. The summed E-state index contributed by atoms with van der Waals surface area (Å²) in [6.07, 6.45) is 0.744. The van der Waals surface area contributed by atoms with E-state index in [0.29, 0.717) is 24.8 Å². The number of halogens is 1. The van der Waals surface area contributed by atoms with Crippen molar-refractivity contribution in [2.24, 2.45) is 5.73 Å². The molecule has 0 unspecified atom stereocenters. The van der Waals surface area contributed by atoms with Gasteiger partial charge in [0, 0.05) is 5.02 Å². The third-order valence-corrected chi connectivity index (χ3v) is 3.48. The van der Waals surface area contributed by atoms with Crippen LogP contribution in [-0.2, 0) is 6.42 Å². The van der Waals surface area contributed by atoms with Crippen molar-refractivity contribution in [2.45, 2.75) is 20.3 Å². The summed E-state index contributed by atoms with van der Waals surface area (Å²) >= 11 is 6.00. The highest BCUT2D eigenvalue weighted by molar-refractivity contribution is 6.30. The third kappa shape index (κ3) is 4.93. The van der Waals surface area contributed by atoms with Crippen LogP contribution in [0.25, 0.3) is 0 Å². The maximum atomic E-state index is 6.00. The molecular formula is C18H22ClNO2. The summed E-state index contributed by atoms with van der Waals surface area (Å²) in [7, 11) is 0. The molecule has 0 amide bonds. The highest BCUT2D eigenvalue weighted by Crippen LogP contribution is 2.23. The minimum atomic E-state index is 0.478. The molecule has 2 aromatic rings. The molecule has 0 aliphatic carbocycles. The molecule has 2 aromatic carbocycles. The van der Waals surface area contributed by atoms with Gasteiger partial charge in [0.15, 0.2) is 0 Å². The van der Waals surface area contributed by atoms with E-state index < -0.39 is 0 Å². The van der Waals surface area contributed by atoms with E-state index >= 15 is 0 Å². The molecule has 2 N–H and O–H groups in total. The van der Waals surface area contributed by atoms with Crippen LogP contribution in [0, 0.1) is 13.8 Å². The third-order valence-electron chi connectivity index (χ3n) is 3.24. The van der Waals surface area contributed by atoms with Crippen LogP contribution in [-0.4, -0.2) is 19.8 Å². The van der Waals surface area contributed by atoms with E-state index in [0.717, 1.165) is 23.5 Å². The Kier molecular flexibility index (Phi) is 6.10. The van der Waals surface area contributed by atoms with Crippen molar-refractivity contribution < 1.29 is 9.47 Å². The van der Waals surface area contributed by atoms with E-state index in [-0.39, 0.29) is 0 Å². The number of hydrogen-bond donors (Lipinski definition) is 1. The van der Waals surface area contributed by atoms with E-state index in [9.17, 15) is 0 Å². The molecule has 0 atom stereocenters. The fourth-order valence-electron chi connectivity index (χ4n) is 2.37. The second-order valence-corrected chi connectivity index (χ2v) is 5.75. The van der Waals surface area contributed by atoms with Gasteiger partial charge in [0.1, 0.15) is 24.7 Å². The highest BCUT2D eigenvalue weighted by atomic mass is 35.5. The number of benzene rings is 2. The van der Waals surface area contributed by atoms with Crippen molar-refractivity contribution in [1.82, 2.24) is 0 Å². The number of nitrogens with two attached hydrogens (primary N) is 1. The van der Waals surface area contributed by atoms with Gasteiger partial charge < -0.3 is 15.2 Å². The van der Waals surface area contributed by atoms with Gasteiger partial charge in [-0.2, -0.15) is 0 Å². The summed E-state index contributed by atoms with van der Waals surface area (Å²) in [5, 5.41) is 0.697. The fourth-order valence-corrected chi connectivity index (χ4v) is 2.56. The second-order valence-electron chi connectivity index (χ2n) is 5.31. The average molecular weight is 320 g/mol. The molecule has 0 fully saturated rings. The van der Waals surface area contributed by atoms with Gasteiger partial charge in [-0.25, -0.2) is 0 Å². The van der Waals surface area contributed by atoms with Gasteiger partial charge in [0.05, 0.1) is 0 Å². The van der Waals surface area contributed by atoms with Crippen molar-refractivity contribution in [3.8, 4) is 11.5 Å². The Morgan fingerprint density at radius 2 is 1.64 bits per heavy atom. The summed E-state index contributed by atoms with van der Waals surface area (Å²) in [6, 6.07) is 11.8. The first-order valence-corrected chi connectivity index (χ1v) is 7.78. The quantitative estimate of drug-likeness (QED) is 0.787. The molecule has 0 saturated carbocycles. The van der Waals surface area contributed by atoms with Gasteiger partial charge >= 0.3 is 0 Å². The molecule has 0 spiro atoms. The summed E-state index contributed by atoms with van der Waals surface area (Å²) < 4.78 is 11.5. The molecule has 0 bridgehead atoms. The van der Waals surface area contributed by atoms with Gasteiger partial charge in [-0.1, -0.05) is 17.7 Å². The van der Waals surface area contributed by atoms with E-state index in [1.54, 1.807) is 0 Å². The summed E-state index contributed by atoms with van der Waals surface area (Å²) in [5.74, 6) is 1.69. The number of hydrogen-bond acceptors (Lipinski definition) is 3. The molecule has 22 heavy (non-hydrogen) atoms. The standard InChI is InChI=1S/C18H22ClNO2/c1-13-9-14(2)11-17(10-13)21-7-8-22-18-4-3-16(19)12-15(18)5-6-20/h3-4,9-12H,5-8,20H2,1-2H3. The van der Waals surface area contributed by atoms with E-state index in [1.807, 2.05) is 30.3 Å². The van der Waals surface area contributed by atoms with E-state index in [2.05, 4.69) is 19.9 Å². The maximum absolute atomic E-state index is 6.00. The predicted octanol–water partition coefficient (Wildman–Crippen LogP) is 3.92. The summed E-state index contributed by atoms with van der Waals surface area (Å²) in [4.78, 5) is 0. The Balaban J connectivity index is 1.88. The van der Waals surface area contributed by atoms with E-state index in [4.69, 9.17) is 26.8 Å². The first-order valence-electron chi connectivity index (χ1n) is 7.41. The molecule has 2 rings (SSSR count). The Hall–Kier alpha value is -1.71. The van der Waals surface area contributed by atoms with Crippen LogP contribution in [0.4, 0.5) is 0 Å². The van der Waals surface area contributed by atoms with Crippen LogP contribution in [0.5, 0.6) is 11.5 Å². The molecule has 3 nitrogen and oxygen atoms in total. The van der Waals surface area contributed by atoms with Crippen molar-refractivity contribution in [1.29, 1.82) is 0 Å². The largest absolute Gasteiger partial charge is 0.490 e. The van der Waals surface area contributed by atoms with Crippen LogP contribution in [0.1, 0.15) is 16.7 Å². The minimum absolute atomic E-state index is 0.478. The van der Waals surface area contributed by atoms with Gasteiger partial charge in [-0.3, -0.25) is 0 Å². The summed E-state index contributed by atoms with van der Waals surface area (Å²) in [5.41, 5.74) is 9.03. The van der Waals surface area contributed by atoms with Crippen molar-refractivity contribution in [3.63, 3.8) is 0 Å². The lowest BCUT2D eigenvalue weighted by Gasteiger charge is -2.13. The molecule has 4 heteroatoms. The zero-order valence-corrected chi connectivity index (χ0v) is 13.8. The van der Waals surface area contributed by atoms with Crippen LogP contribution < -0.4 is 15.2 Å². The molecule has 0 aliphatic heterocycles. The first-order chi connectivity index (χ1) is 10.6. The van der Waals surface area contributed by atoms with Gasteiger partial charge in [-0.05, 0) is 73.8 Å². The number of aryl methyl sites for hydroxylation is 2. The smallest absolute Gasteiger partial charge is 0.122 e. The lowest BCUT2D eigenvalue weighted by molar-refractivity contribution is 0.216. The monoisotopic (exact) mass is 319 g/mol. The SMILES string of the molecule is Cc1cc(C)cc(OCCOc2ccc(Cl)cc2CCN)c1. The lowest BCUT2D eigenvalue weighted by Crippen LogP contribution is -2.11. The van der Waals surface area contributed by atoms with Crippen molar-refractivity contribution in [2.75, 3.05) is 19.8 Å². The minimum Gasteiger partial charge on any atom is -0.490 e. The normalized spacial score (nSPS) is 10.5. The Morgan fingerprint density at radius 3 is 2.32 bits per heavy atom. The molecule has 0 radical (unpaired) electrons.